The van der Waals surface area contributed by atoms with E-state index in [1.54, 1.807) is 0 Å². The van der Waals surface area contributed by atoms with Crippen LogP contribution in [-0.2, 0) is 12.8 Å². The van der Waals surface area contributed by atoms with Gasteiger partial charge in [-0.3, -0.25) is 0 Å². The Kier molecular flexibility index (Phi) is 4.58. The summed E-state index contributed by atoms with van der Waals surface area (Å²) in [6.45, 7) is 1.05. The minimum atomic E-state index is 0.220. The van der Waals surface area contributed by atoms with Crippen LogP contribution in [0.1, 0.15) is 30.5 Å². The van der Waals surface area contributed by atoms with Crippen LogP contribution in [0.2, 0.25) is 0 Å². The largest absolute Gasteiger partial charge is 0.396 e. The third-order valence-electron chi connectivity index (χ3n) is 3.56. The van der Waals surface area contributed by atoms with Crippen LogP contribution >= 0.6 is 0 Å². The summed E-state index contributed by atoms with van der Waals surface area (Å²) in [6, 6.07) is 0. The summed E-state index contributed by atoms with van der Waals surface area (Å²) in [6.07, 6.45) is 5.34. The summed E-state index contributed by atoms with van der Waals surface area (Å²) in [5.41, 5.74) is 2.51. The van der Waals surface area contributed by atoms with E-state index in [2.05, 4.69) is 9.88 Å². The van der Waals surface area contributed by atoms with Gasteiger partial charge in [-0.1, -0.05) is 0 Å². The Morgan fingerprint density at radius 2 is 1.84 bits per heavy atom. The predicted molar refractivity (Wildman–Crippen MR) is 78.0 cm³/mol. The standard InChI is InChI=1S/C14H24N4O/c1-17(2)14-15-12-8-5-4-7-11(12)13(16-14)18(3)9-6-10-19/h19H,4-10H2,1-3H3. The molecule has 2 rings (SSSR count). The zero-order chi connectivity index (χ0) is 13.8. The first-order valence-corrected chi connectivity index (χ1v) is 7.02. The Labute approximate surface area is 115 Å². The third kappa shape index (κ3) is 3.15. The zero-order valence-electron chi connectivity index (χ0n) is 12.2. The van der Waals surface area contributed by atoms with Gasteiger partial charge in [-0.05, 0) is 32.1 Å². The molecule has 19 heavy (non-hydrogen) atoms. The van der Waals surface area contributed by atoms with Crippen LogP contribution in [0.25, 0.3) is 0 Å². The molecule has 0 aliphatic heterocycles. The molecule has 0 spiro atoms. The highest BCUT2D eigenvalue weighted by molar-refractivity contribution is 5.53. The molecule has 0 saturated carbocycles. The smallest absolute Gasteiger partial charge is 0.227 e. The van der Waals surface area contributed by atoms with Crippen LogP contribution in [0.15, 0.2) is 0 Å². The number of fused-ring (bicyclic) bond motifs is 1. The van der Waals surface area contributed by atoms with Gasteiger partial charge in [-0.25, -0.2) is 4.98 Å². The van der Waals surface area contributed by atoms with Gasteiger partial charge in [0.25, 0.3) is 0 Å². The maximum Gasteiger partial charge on any atom is 0.227 e. The van der Waals surface area contributed by atoms with Crippen molar-refractivity contribution in [1.82, 2.24) is 9.97 Å². The Bertz CT molecular complexity index is 434. The summed E-state index contributed by atoms with van der Waals surface area (Å²) in [7, 11) is 6.00. The van der Waals surface area contributed by atoms with E-state index in [0.29, 0.717) is 0 Å². The number of aromatic nitrogens is 2. The molecule has 5 heteroatoms. The minimum Gasteiger partial charge on any atom is -0.396 e. The maximum absolute atomic E-state index is 8.98. The Morgan fingerprint density at radius 1 is 1.11 bits per heavy atom. The number of aliphatic hydroxyl groups is 1. The molecule has 106 valence electrons. The van der Waals surface area contributed by atoms with Gasteiger partial charge < -0.3 is 14.9 Å². The molecule has 1 aliphatic carbocycles. The van der Waals surface area contributed by atoms with Gasteiger partial charge in [0.2, 0.25) is 5.95 Å². The van der Waals surface area contributed by atoms with Crippen molar-refractivity contribution in [1.29, 1.82) is 0 Å². The van der Waals surface area contributed by atoms with Crippen molar-refractivity contribution < 1.29 is 5.11 Å². The van der Waals surface area contributed by atoms with Gasteiger partial charge >= 0.3 is 0 Å². The molecule has 0 aromatic carbocycles. The molecule has 1 N–H and O–H groups in total. The highest BCUT2D eigenvalue weighted by Gasteiger charge is 2.20. The normalized spacial score (nSPS) is 14.1. The van der Waals surface area contributed by atoms with E-state index in [4.69, 9.17) is 10.1 Å². The maximum atomic E-state index is 8.98. The molecule has 1 aromatic rings. The zero-order valence-corrected chi connectivity index (χ0v) is 12.2. The number of nitrogens with zero attached hydrogens (tertiary/aromatic N) is 4. The fourth-order valence-corrected chi connectivity index (χ4v) is 2.49. The van der Waals surface area contributed by atoms with Crippen LogP contribution in [-0.4, -0.2) is 49.4 Å². The van der Waals surface area contributed by atoms with E-state index in [1.807, 2.05) is 26.0 Å². The van der Waals surface area contributed by atoms with Crippen LogP contribution in [0.4, 0.5) is 11.8 Å². The fourth-order valence-electron chi connectivity index (χ4n) is 2.49. The van der Waals surface area contributed by atoms with Crippen molar-refractivity contribution in [3.63, 3.8) is 0 Å². The fraction of sp³-hybridized carbons (Fsp3) is 0.714. The van der Waals surface area contributed by atoms with E-state index in [0.717, 1.165) is 37.6 Å². The van der Waals surface area contributed by atoms with E-state index in [-0.39, 0.29) is 6.61 Å². The lowest BCUT2D eigenvalue weighted by atomic mass is 9.96. The minimum absolute atomic E-state index is 0.220. The molecule has 0 bridgehead atoms. The monoisotopic (exact) mass is 264 g/mol. The highest BCUT2D eigenvalue weighted by Crippen LogP contribution is 2.29. The molecule has 0 amide bonds. The quantitative estimate of drug-likeness (QED) is 0.867. The van der Waals surface area contributed by atoms with Crippen molar-refractivity contribution in [2.75, 3.05) is 44.1 Å². The molecule has 0 atom stereocenters. The van der Waals surface area contributed by atoms with Gasteiger partial charge in [-0.2, -0.15) is 4.98 Å². The summed E-state index contributed by atoms with van der Waals surface area (Å²) in [5.74, 6) is 1.83. The van der Waals surface area contributed by atoms with Gasteiger partial charge in [0.15, 0.2) is 0 Å². The van der Waals surface area contributed by atoms with Gasteiger partial charge in [-0.15, -0.1) is 0 Å². The predicted octanol–water partition coefficient (Wildman–Crippen LogP) is 1.24. The second-order valence-corrected chi connectivity index (χ2v) is 5.37. The molecular weight excluding hydrogens is 240 g/mol. The average molecular weight is 264 g/mol. The van der Waals surface area contributed by atoms with Crippen LogP contribution < -0.4 is 9.80 Å². The topological polar surface area (TPSA) is 52.5 Å². The van der Waals surface area contributed by atoms with Crippen molar-refractivity contribution >= 4 is 11.8 Å². The molecule has 1 aliphatic rings. The first-order valence-electron chi connectivity index (χ1n) is 7.02. The lowest BCUT2D eigenvalue weighted by Gasteiger charge is -2.26. The third-order valence-corrected chi connectivity index (χ3v) is 3.56. The lowest BCUT2D eigenvalue weighted by Crippen LogP contribution is -2.26. The second-order valence-electron chi connectivity index (χ2n) is 5.37. The molecule has 1 heterocycles. The molecule has 0 fully saturated rings. The molecule has 0 saturated heterocycles. The molecular formula is C14H24N4O. The molecule has 1 aromatic heterocycles. The number of hydrogen-bond donors (Lipinski definition) is 1. The average Bonchev–Trinajstić information content (AvgIpc) is 2.43. The van der Waals surface area contributed by atoms with Gasteiger partial charge in [0.1, 0.15) is 5.82 Å². The van der Waals surface area contributed by atoms with Gasteiger partial charge in [0.05, 0.1) is 5.69 Å². The number of aliphatic hydroxyl groups excluding tert-OH is 1. The van der Waals surface area contributed by atoms with E-state index in [1.165, 1.54) is 24.1 Å². The van der Waals surface area contributed by atoms with E-state index < -0.39 is 0 Å². The number of hydrogen-bond acceptors (Lipinski definition) is 5. The van der Waals surface area contributed by atoms with Crippen molar-refractivity contribution in [2.45, 2.75) is 32.1 Å². The van der Waals surface area contributed by atoms with Crippen LogP contribution in [0, 0.1) is 0 Å². The SMILES string of the molecule is CN(C)c1nc2c(c(N(C)CCCO)n1)CCCC2. The lowest BCUT2D eigenvalue weighted by molar-refractivity contribution is 0.290. The molecule has 0 radical (unpaired) electrons. The van der Waals surface area contributed by atoms with E-state index in [9.17, 15) is 0 Å². The number of anilines is 2. The second kappa shape index (κ2) is 6.19. The summed E-state index contributed by atoms with van der Waals surface area (Å²) < 4.78 is 0. The van der Waals surface area contributed by atoms with Crippen LogP contribution in [0.3, 0.4) is 0 Å². The molecule has 5 nitrogen and oxygen atoms in total. The van der Waals surface area contributed by atoms with Crippen molar-refractivity contribution in [2.24, 2.45) is 0 Å². The van der Waals surface area contributed by atoms with Crippen molar-refractivity contribution in [3.8, 4) is 0 Å². The summed E-state index contributed by atoms with van der Waals surface area (Å²) in [4.78, 5) is 13.5. The number of aryl methyl sites for hydroxylation is 1. The highest BCUT2D eigenvalue weighted by atomic mass is 16.3. The number of rotatable bonds is 5. The van der Waals surface area contributed by atoms with Gasteiger partial charge in [0, 0.05) is 39.9 Å². The first kappa shape index (κ1) is 14.1. The summed E-state index contributed by atoms with van der Waals surface area (Å²) in [5, 5.41) is 8.98. The Hall–Kier alpha value is -1.36. The first-order chi connectivity index (χ1) is 9.13. The molecule has 0 unspecified atom stereocenters. The Morgan fingerprint density at radius 3 is 2.53 bits per heavy atom. The van der Waals surface area contributed by atoms with Crippen molar-refractivity contribution in [3.05, 3.63) is 11.3 Å². The van der Waals surface area contributed by atoms with E-state index >= 15 is 0 Å². The van der Waals surface area contributed by atoms with Crippen LogP contribution in [0.5, 0.6) is 0 Å². The Balaban J connectivity index is 2.35. The summed E-state index contributed by atoms with van der Waals surface area (Å²) >= 11 is 0.